The number of imide groups is 1. The van der Waals surface area contributed by atoms with Crippen molar-refractivity contribution >= 4 is 27.7 Å². The molecule has 1 aliphatic rings. The maximum atomic E-state index is 13.3. The molecule has 1 unspecified atom stereocenters. The largest absolute Gasteiger partial charge is 0.301 e. The normalized spacial score (nSPS) is 19.7. The number of likely N-dealkylation sites (N-methyl/N-ethyl adjacent to an activating group) is 1. The van der Waals surface area contributed by atoms with Gasteiger partial charge in [-0.3, -0.25) is 14.5 Å². The van der Waals surface area contributed by atoms with Crippen LogP contribution in [0, 0.1) is 5.82 Å². The number of carbonyl (C=O) groups is 2. The monoisotopic (exact) mass is 314 g/mol. The first-order chi connectivity index (χ1) is 8.49. The van der Waals surface area contributed by atoms with E-state index in [1.165, 1.54) is 13.1 Å². The van der Waals surface area contributed by atoms with Crippen LogP contribution in [0.5, 0.6) is 0 Å². The molecule has 0 radical (unpaired) electrons. The Bertz CT molecular complexity index is 507. The Kier molecular flexibility index (Phi) is 3.77. The Morgan fingerprint density at radius 1 is 1.50 bits per heavy atom. The van der Waals surface area contributed by atoms with Crippen LogP contribution < -0.4 is 5.32 Å². The first-order valence-electron chi connectivity index (χ1n) is 5.46. The van der Waals surface area contributed by atoms with Crippen molar-refractivity contribution in [3.05, 3.63) is 34.1 Å². The molecular weight excluding hydrogens is 303 g/mol. The second kappa shape index (κ2) is 5.16. The number of nitrogens with zero attached hydrogens (tertiary/aromatic N) is 1. The molecule has 0 bridgehead atoms. The molecule has 0 aliphatic carbocycles. The van der Waals surface area contributed by atoms with E-state index >= 15 is 0 Å². The summed E-state index contributed by atoms with van der Waals surface area (Å²) in [6.45, 7) is 0.349. The van der Waals surface area contributed by atoms with Gasteiger partial charge in [0.1, 0.15) is 5.82 Å². The number of halogens is 2. The second-order valence-electron chi connectivity index (χ2n) is 4.18. The molecule has 6 heteroatoms. The van der Waals surface area contributed by atoms with Gasteiger partial charge < -0.3 is 5.32 Å². The summed E-state index contributed by atoms with van der Waals surface area (Å²) in [6.07, 6.45) is 0.161. The van der Waals surface area contributed by atoms with E-state index in [1.807, 2.05) is 0 Å². The first kappa shape index (κ1) is 13.2. The Morgan fingerprint density at radius 2 is 2.22 bits per heavy atom. The molecule has 1 N–H and O–H groups in total. The van der Waals surface area contributed by atoms with Gasteiger partial charge in [-0.25, -0.2) is 4.39 Å². The van der Waals surface area contributed by atoms with Gasteiger partial charge in [-0.1, -0.05) is 6.07 Å². The molecule has 4 nitrogen and oxygen atoms in total. The summed E-state index contributed by atoms with van der Waals surface area (Å²) in [5.74, 6) is -0.780. The average molecular weight is 315 g/mol. The third-order valence-electron chi connectivity index (χ3n) is 2.92. The molecule has 0 aromatic heterocycles. The van der Waals surface area contributed by atoms with E-state index in [9.17, 15) is 14.0 Å². The molecule has 1 atom stereocenters. The van der Waals surface area contributed by atoms with Gasteiger partial charge in [0, 0.05) is 13.6 Å². The third kappa shape index (κ3) is 2.59. The number of rotatable bonds is 3. The number of carbonyl (C=O) groups excluding carboxylic acids is 2. The van der Waals surface area contributed by atoms with Crippen LogP contribution in [0.2, 0.25) is 0 Å². The maximum Gasteiger partial charge on any atom is 0.246 e. The third-order valence-corrected chi connectivity index (χ3v) is 3.56. The molecule has 1 heterocycles. The Balaban J connectivity index is 1.98. The van der Waals surface area contributed by atoms with E-state index in [-0.39, 0.29) is 24.1 Å². The smallest absolute Gasteiger partial charge is 0.246 e. The number of nitrogens with one attached hydrogen (secondary N) is 1. The molecular formula is C12H12BrFN2O2. The zero-order valence-corrected chi connectivity index (χ0v) is 11.3. The first-order valence-corrected chi connectivity index (χ1v) is 6.26. The highest BCUT2D eigenvalue weighted by atomic mass is 79.9. The lowest BCUT2D eigenvalue weighted by Crippen LogP contribution is -2.36. The van der Waals surface area contributed by atoms with Crippen LogP contribution in [0.1, 0.15) is 12.0 Å². The van der Waals surface area contributed by atoms with E-state index in [2.05, 4.69) is 21.2 Å². The number of benzene rings is 1. The Labute approximate surface area is 112 Å². The highest BCUT2D eigenvalue weighted by molar-refractivity contribution is 9.10. The lowest BCUT2D eigenvalue weighted by atomic mass is 10.2. The number of likely N-dealkylation sites (tertiary alicyclic amines) is 1. The van der Waals surface area contributed by atoms with E-state index < -0.39 is 6.04 Å². The van der Waals surface area contributed by atoms with Crippen molar-refractivity contribution in [3.63, 3.8) is 0 Å². The van der Waals surface area contributed by atoms with E-state index in [0.717, 1.165) is 10.5 Å². The summed E-state index contributed by atoms with van der Waals surface area (Å²) < 4.78 is 13.7. The molecule has 18 heavy (non-hydrogen) atoms. The molecule has 96 valence electrons. The Morgan fingerprint density at radius 3 is 2.78 bits per heavy atom. The maximum absolute atomic E-state index is 13.3. The van der Waals surface area contributed by atoms with Crippen molar-refractivity contribution in [1.29, 1.82) is 0 Å². The van der Waals surface area contributed by atoms with Crippen molar-refractivity contribution in [1.82, 2.24) is 10.2 Å². The molecule has 0 spiro atoms. The summed E-state index contributed by atoms with van der Waals surface area (Å²) in [6, 6.07) is 4.25. The van der Waals surface area contributed by atoms with E-state index in [0.29, 0.717) is 11.0 Å². The highest BCUT2D eigenvalue weighted by Gasteiger charge is 2.35. The summed E-state index contributed by atoms with van der Waals surface area (Å²) in [4.78, 5) is 24.0. The number of amides is 2. The molecule has 1 aromatic rings. The van der Waals surface area contributed by atoms with Crippen molar-refractivity contribution in [2.45, 2.75) is 19.0 Å². The highest BCUT2D eigenvalue weighted by Crippen LogP contribution is 2.17. The van der Waals surface area contributed by atoms with Gasteiger partial charge in [0.2, 0.25) is 11.8 Å². The van der Waals surface area contributed by atoms with Crippen molar-refractivity contribution in [2.24, 2.45) is 0 Å². The van der Waals surface area contributed by atoms with Gasteiger partial charge in [0.25, 0.3) is 0 Å². The second-order valence-corrected chi connectivity index (χ2v) is 5.03. The lowest BCUT2D eigenvalue weighted by molar-refractivity contribution is -0.137. The van der Waals surface area contributed by atoms with E-state index in [1.54, 1.807) is 12.1 Å². The lowest BCUT2D eigenvalue weighted by Gasteiger charge is -2.11. The molecule has 2 amide bonds. The van der Waals surface area contributed by atoms with Crippen LogP contribution in [0.3, 0.4) is 0 Å². The molecule has 1 saturated heterocycles. The quantitative estimate of drug-likeness (QED) is 0.859. The van der Waals surface area contributed by atoms with Crippen molar-refractivity contribution in [2.75, 3.05) is 7.05 Å². The standard InChI is InChI=1S/C12H12BrFN2O2/c1-16-11(17)5-10(12(16)18)15-6-7-2-3-8(13)9(14)4-7/h2-4,10,15H,5-6H2,1H3. The minimum atomic E-state index is -0.505. The van der Waals surface area contributed by atoms with Crippen LogP contribution in [0.15, 0.2) is 22.7 Å². The predicted octanol–water partition coefficient (Wildman–Crippen LogP) is 1.44. The van der Waals surface area contributed by atoms with Crippen LogP contribution in [-0.2, 0) is 16.1 Å². The van der Waals surface area contributed by atoms with Crippen LogP contribution in [-0.4, -0.2) is 29.8 Å². The average Bonchev–Trinajstić information content (AvgIpc) is 2.58. The molecule has 2 rings (SSSR count). The minimum Gasteiger partial charge on any atom is -0.301 e. The molecule has 0 saturated carbocycles. The Hall–Kier alpha value is -1.27. The van der Waals surface area contributed by atoms with Gasteiger partial charge in [-0.2, -0.15) is 0 Å². The van der Waals surface area contributed by atoms with Gasteiger partial charge in [-0.05, 0) is 33.6 Å². The number of hydrogen-bond donors (Lipinski definition) is 1. The van der Waals surface area contributed by atoms with Gasteiger partial charge in [0.15, 0.2) is 0 Å². The number of hydrogen-bond acceptors (Lipinski definition) is 3. The van der Waals surface area contributed by atoms with Crippen LogP contribution in [0.4, 0.5) is 4.39 Å². The molecule has 1 aliphatic heterocycles. The molecule has 1 aromatic carbocycles. The predicted molar refractivity (Wildman–Crippen MR) is 67.1 cm³/mol. The summed E-state index contributed by atoms with van der Waals surface area (Å²) in [5.41, 5.74) is 0.727. The van der Waals surface area contributed by atoms with Gasteiger partial charge in [0.05, 0.1) is 16.9 Å². The van der Waals surface area contributed by atoms with Gasteiger partial charge in [-0.15, -0.1) is 0 Å². The fourth-order valence-electron chi connectivity index (χ4n) is 1.81. The van der Waals surface area contributed by atoms with Crippen LogP contribution in [0.25, 0.3) is 0 Å². The van der Waals surface area contributed by atoms with E-state index in [4.69, 9.17) is 0 Å². The van der Waals surface area contributed by atoms with Crippen molar-refractivity contribution in [3.8, 4) is 0 Å². The fourth-order valence-corrected chi connectivity index (χ4v) is 2.05. The minimum absolute atomic E-state index is 0.161. The van der Waals surface area contributed by atoms with Gasteiger partial charge >= 0.3 is 0 Å². The summed E-state index contributed by atoms with van der Waals surface area (Å²) in [7, 11) is 1.46. The summed E-state index contributed by atoms with van der Waals surface area (Å²) in [5, 5.41) is 2.96. The zero-order valence-electron chi connectivity index (χ0n) is 9.74. The summed E-state index contributed by atoms with van der Waals surface area (Å²) >= 11 is 3.07. The molecule has 1 fully saturated rings. The zero-order chi connectivity index (χ0) is 13.3. The SMILES string of the molecule is CN1C(=O)CC(NCc2ccc(Br)c(F)c2)C1=O. The van der Waals surface area contributed by atoms with Crippen LogP contribution >= 0.6 is 15.9 Å². The fraction of sp³-hybridized carbons (Fsp3) is 0.333. The van der Waals surface area contributed by atoms with Crippen molar-refractivity contribution < 1.29 is 14.0 Å². The topological polar surface area (TPSA) is 49.4 Å².